The number of nitrogens with zero attached hydrogens (tertiary/aromatic N) is 3. The second kappa shape index (κ2) is 23.5. The Hall–Kier alpha value is -4.53. The Kier molecular flexibility index (Phi) is 19.5. The number of amides is 4. The van der Waals surface area contributed by atoms with E-state index in [0.717, 1.165) is 11.1 Å². The molecule has 0 radical (unpaired) electrons. The van der Waals surface area contributed by atoms with Gasteiger partial charge in [-0.15, -0.1) is 0 Å². The lowest BCUT2D eigenvalue weighted by molar-refractivity contribution is -0.148. The van der Waals surface area contributed by atoms with Crippen LogP contribution in [0.15, 0.2) is 54.6 Å². The maximum absolute atomic E-state index is 14.5. The molecule has 9 atom stereocenters. The minimum atomic E-state index is -1.14. The number of rotatable bonds is 23. The van der Waals surface area contributed by atoms with Crippen LogP contribution in [-0.2, 0) is 46.4 Å². The maximum atomic E-state index is 14.5. The minimum Gasteiger partial charge on any atom is -0.480 e. The average molecular weight is 837 g/mol. The molecule has 3 rings (SSSR count). The molecule has 0 spiro atoms. The van der Waals surface area contributed by atoms with Crippen LogP contribution in [0.3, 0.4) is 0 Å². The van der Waals surface area contributed by atoms with E-state index in [4.69, 9.17) is 15.2 Å². The Morgan fingerprint density at radius 1 is 0.883 bits per heavy atom. The van der Waals surface area contributed by atoms with E-state index in [1.807, 2.05) is 108 Å². The van der Waals surface area contributed by atoms with Crippen LogP contribution in [0.4, 0.5) is 5.69 Å². The second-order valence-electron chi connectivity index (χ2n) is 17.3. The van der Waals surface area contributed by atoms with Gasteiger partial charge in [0.2, 0.25) is 23.6 Å². The van der Waals surface area contributed by atoms with E-state index in [-0.39, 0.29) is 48.3 Å². The molecule has 334 valence electrons. The zero-order chi connectivity index (χ0) is 44.8. The monoisotopic (exact) mass is 837 g/mol. The first-order chi connectivity index (χ1) is 28.4. The van der Waals surface area contributed by atoms with E-state index < -0.39 is 60.2 Å². The molecule has 60 heavy (non-hydrogen) atoms. The number of nitrogen functional groups attached to an aromatic ring is 1. The van der Waals surface area contributed by atoms with Crippen molar-refractivity contribution in [3.63, 3.8) is 0 Å². The third-order valence-corrected chi connectivity index (χ3v) is 12.1. The zero-order valence-electron chi connectivity index (χ0n) is 37.7. The van der Waals surface area contributed by atoms with Gasteiger partial charge in [-0.1, -0.05) is 97.4 Å². The van der Waals surface area contributed by atoms with Gasteiger partial charge in [0, 0.05) is 46.5 Å². The van der Waals surface area contributed by atoms with Crippen LogP contribution >= 0.6 is 0 Å². The van der Waals surface area contributed by atoms with E-state index in [1.165, 1.54) is 14.2 Å². The van der Waals surface area contributed by atoms with Gasteiger partial charge < -0.3 is 40.7 Å². The quantitative estimate of drug-likeness (QED) is 0.116. The molecule has 0 aromatic heterocycles. The van der Waals surface area contributed by atoms with Gasteiger partial charge in [0.1, 0.15) is 12.1 Å². The Balaban J connectivity index is 1.78. The SMILES string of the molecule is CC[C@H](C)C([C@@H](CC(=O)N1CCC[C@H]1[C@H](OC)[C@@H](C)C(=O)N[C@@H](Cc1ccccc1)C(=O)O)OC)N(C)C(=O)[C@@H](NC(=O)C(C(C)C)N(C)Cc1cccc(N)c1)C(C)C. The first kappa shape index (κ1) is 49.8. The summed E-state index contributed by atoms with van der Waals surface area (Å²) < 4.78 is 11.9. The number of nitrogens with one attached hydrogen (secondary N) is 2. The summed E-state index contributed by atoms with van der Waals surface area (Å²) in [4.78, 5) is 73.9. The molecule has 0 saturated carbocycles. The summed E-state index contributed by atoms with van der Waals surface area (Å²) >= 11 is 0. The van der Waals surface area contributed by atoms with Crippen LogP contribution in [0.25, 0.3) is 0 Å². The summed E-state index contributed by atoms with van der Waals surface area (Å²) in [5.41, 5.74) is 8.42. The predicted octanol–water partition coefficient (Wildman–Crippen LogP) is 4.60. The average Bonchev–Trinajstić information content (AvgIpc) is 3.69. The van der Waals surface area contributed by atoms with Crippen molar-refractivity contribution >= 4 is 35.3 Å². The Labute approximate surface area is 357 Å². The zero-order valence-corrected chi connectivity index (χ0v) is 37.7. The molecule has 2 aromatic carbocycles. The van der Waals surface area contributed by atoms with Crippen molar-refractivity contribution in [2.45, 2.75) is 130 Å². The van der Waals surface area contributed by atoms with E-state index in [0.29, 0.717) is 38.0 Å². The van der Waals surface area contributed by atoms with E-state index >= 15 is 0 Å². The molecule has 14 heteroatoms. The van der Waals surface area contributed by atoms with Crippen LogP contribution in [0.2, 0.25) is 0 Å². The number of carboxylic acid groups (broad SMARTS) is 1. The van der Waals surface area contributed by atoms with Gasteiger partial charge in [-0.05, 0) is 60.9 Å². The fourth-order valence-corrected chi connectivity index (χ4v) is 8.72. The van der Waals surface area contributed by atoms with Gasteiger partial charge in [-0.3, -0.25) is 24.1 Å². The number of aliphatic carboxylic acids is 1. The van der Waals surface area contributed by atoms with Gasteiger partial charge in [0.15, 0.2) is 0 Å². The highest BCUT2D eigenvalue weighted by atomic mass is 16.5. The molecule has 1 heterocycles. The number of hydrogen-bond donors (Lipinski definition) is 4. The molecule has 5 N–H and O–H groups in total. The minimum absolute atomic E-state index is 0.0300. The summed E-state index contributed by atoms with van der Waals surface area (Å²) in [5.74, 6) is -3.48. The van der Waals surface area contributed by atoms with Crippen molar-refractivity contribution < 1.29 is 38.6 Å². The van der Waals surface area contributed by atoms with Crippen LogP contribution in [-0.4, -0.2) is 127 Å². The first-order valence-electron chi connectivity index (χ1n) is 21.4. The lowest BCUT2D eigenvalue weighted by Gasteiger charge is -2.41. The van der Waals surface area contributed by atoms with Gasteiger partial charge in [0.05, 0.1) is 42.7 Å². The number of anilines is 1. The number of likely N-dealkylation sites (tertiary alicyclic amines) is 1. The Morgan fingerprint density at radius 2 is 1.53 bits per heavy atom. The first-order valence-corrected chi connectivity index (χ1v) is 21.4. The molecular formula is C46H72N6O8. The normalized spacial score (nSPS) is 18.3. The molecule has 0 bridgehead atoms. The van der Waals surface area contributed by atoms with Gasteiger partial charge >= 0.3 is 5.97 Å². The van der Waals surface area contributed by atoms with Crippen molar-refractivity contribution in [3.8, 4) is 0 Å². The van der Waals surface area contributed by atoms with Crippen LogP contribution < -0.4 is 16.4 Å². The molecule has 4 amide bonds. The summed E-state index contributed by atoms with van der Waals surface area (Å²) in [7, 11) is 6.64. The molecule has 1 aliphatic heterocycles. The number of methoxy groups -OCH3 is 2. The number of hydrogen-bond acceptors (Lipinski definition) is 9. The third kappa shape index (κ3) is 13.2. The maximum Gasteiger partial charge on any atom is 0.326 e. The van der Waals surface area contributed by atoms with Crippen molar-refractivity contribution in [2.75, 3.05) is 40.6 Å². The number of benzene rings is 2. The standard InChI is InChI=1S/C46H72N6O8/c1-12-30(6)41(51(9)45(56)39(28(2)3)49-44(55)40(29(4)5)50(8)27-33-20-16-21-34(47)24-33)37(59-10)26-38(53)52-23-17-22-36(52)42(60-11)31(7)43(54)48-35(46(57)58)25-32-18-14-13-15-19-32/h13-16,18-21,24,28-31,35-37,39-42H,12,17,22-23,25-27,47H2,1-11H3,(H,48,54)(H,49,55)(H,57,58)/t30-,31+,35-,36-,37+,39-,40?,41?,42+/m0/s1. The smallest absolute Gasteiger partial charge is 0.326 e. The van der Waals surface area contributed by atoms with E-state index in [1.54, 1.807) is 23.8 Å². The lowest BCUT2D eigenvalue weighted by atomic mass is 9.89. The summed E-state index contributed by atoms with van der Waals surface area (Å²) in [6, 6.07) is 13.2. The van der Waals surface area contributed by atoms with Crippen LogP contribution in [0.1, 0.15) is 85.3 Å². The van der Waals surface area contributed by atoms with E-state index in [2.05, 4.69) is 10.6 Å². The molecule has 0 aliphatic carbocycles. The van der Waals surface area contributed by atoms with Crippen molar-refractivity contribution in [1.82, 2.24) is 25.3 Å². The van der Waals surface area contributed by atoms with Crippen molar-refractivity contribution in [1.29, 1.82) is 0 Å². The molecule has 2 unspecified atom stereocenters. The number of ether oxygens (including phenoxy) is 2. The summed E-state index contributed by atoms with van der Waals surface area (Å²) in [6.45, 7) is 14.5. The Morgan fingerprint density at radius 3 is 2.08 bits per heavy atom. The number of carboxylic acids is 1. The van der Waals surface area contributed by atoms with Crippen LogP contribution in [0, 0.1) is 23.7 Å². The van der Waals surface area contributed by atoms with Gasteiger partial charge in [-0.25, -0.2) is 4.79 Å². The molecule has 14 nitrogen and oxygen atoms in total. The Bertz CT molecular complexity index is 1710. The number of carbonyl (C=O) groups is 5. The molecular weight excluding hydrogens is 765 g/mol. The highest BCUT2D eigenvalue weighted by molar-refractivity contribution is 5.90. The van der Waals surface area contributed by atoms with Crippen LogP contribution in [0.5, 0.6) is 0 Å². The van der Waals surface area contributed by atoms with Gasteiger partial charge in [-0.2, -0.15) is 0 Å². The number of nitrogens with two attached hydrogens (primary N) is 1. The van der Waals surface area contributed by atoms with Crippen molar-refractivity contribution in [2.24, 2.45) is 23.7 Å². The molecule has 1 saturated heterocycles. The molecule has 1 fully saturated rings. The largest absolute Gasteiger partial charge is 0.480 e. The van der Waals surface area contributed by atoms with Crippen molar-refractivity contribution in [3.05, 3.63) is 65.7 Å². The predicted molar refractivity (Wildman–Crippen MR) is 234 cm³/mol. The summed E-state index contributed by atoms with van der Waals surface area (Å²) in [6.07, 6.45) is 0.703. The topological polar surface area (TPSA) is 184 Å². The second-order valence-corrected chi connectivity index (χ2v) is 17.3. The fraction of sp³-hybridized carbons (Fsp3) is 0.630. The number of likely N-dealkylation sites (N-methyl/N-ethyl adjacent to an activating group) is 2. The molecule has 2 aromatic rings. The van der Waals surface area contributed by atoms with E-state index in [9.17, 15) is 29.1 Å². The summed E-state index contributed by atoms with van der Waals surface area (Å²) in [5, 5.41) is 15.7. The highest BCUT2D eigenvalue weighted by Crippen LogP contribution is 2.30. The third-order valence-electron chi connectivity index (χ3n) is 12.1. The lowest BCUT2D eigenvalue weighted by Crippen LogP contribution is -2.60. The van der Waals surface area contributed by atoms with Gasteiger partial charge in [0.25, 0.3) is 0 Å². The highest BCUT2D eigenvalue weighted by Gasteiger charge is 2.43. The molecule has 1 aliphatic rings. The number of carbonyl (C=O) groups excluding carboxylic acids is 4. The fourth-order valence-electron chi connectivity index (χ4n) is 8.72.